The average Bonchev–Trinajstić information content (AvgIpc) is 2.26. The number of phosphoric ester groups is 1. The summed E-state index contributed by atoms with van der Waals surface area (Å²) in [5.74, 6) is -4.20. The third-order valence-electron chi connectivity index (χ3n) is 2.10. The Balaban J connectivity index is 2.12. The molecule has 0 saturated carbocycles. The van der Waals surface area contributed by atoms with Crippen molar-refractivity contribution in [1.82, 2.24) is 0 Å². The lowest BCUT2D eigenvalue weighted by Crippen LogP contribution is -2.53. The van der Waals surface area contributed by atoms with Crippen LogP contribution >= 0.6 is 7.82 Å². The standard InChI is InChI=1S/C6H11O6P/c1-2-3-4-5(7)6(8)11-13(9,10-5)12-6/h7-8H,2-4H2,1H3. The molecule has 3 aliphatic rings. The van der Waals surface area contributed by atoms with E-state index in [9.17, 15) is 14.8 Å². The van der Waals surface area contributed by atoms with Crippen LogP contribution in [0.2, 0.25) is 0 Å². The van der Waals surface area contributed by atoms with Crippen molar-refractivity contribution in [2.45, 2.75) is 37.9 Å². The number of rotatable bonds is 3. The first-order chi connectivity index (χ1) is 5.93. The first kappa shape index (κ1) is 9.58. The normalized spacial score (nSPS) is 53.5. The SMILES string of the molecule is CCCCC1(O)OP2(=O)OC1(O)O2. The molecular weight excluding hydrogens is 199 g/mol. The fourth-order valence-electron chi connectivity index (χ4n) is 1.35. The minimum atomic E-state index is -3.63. The summed E-state index contributed by atoms with van der Waals surface area (Å²) in [6, 6.07) is 0. The molecule has 1 unspecified atom stereocenters. The predicted molar refractivity (Wildman–Crippen MR) is 40.3 cm³/mol. The number of hydrogen-bond acceptors (Lipinski definition) is 6. The first-order valence-corrected chi connectivity index (χ1v) is 5.56. The van der Waals surface area contributed by atoms with Gasteiger partial charge in [0.15, 0.2) is 0 Å². The molecule has 3 rings (SSSR count). The van der Waals surface area contributed by atoms with Gasteiger partial charge >= 0.3 is 13.8 Å². The third kappa shape index (κ3) is 1.18. The summed E-state index contributed by atoms with van der Waals surface area (Å²) in [5.41, 5.74) is 0. The number of unbranched alkanes of at least 4 members (excludes halogenated alkanes) is 1. The lowest BCUT2D eigenvalue weighted by atomic mass is 10.1. The maximum absolute atomic E-state index is 11.1. The third-order valence-corrected chi connectivity index (χ3v) is 3.56. The molecule has 7 heteroatoms. The summed E-state index contributed by atoms with van der Waals surface area (Å²) in [7, 11) is -3.63. The molecule has 3 fully saturated rings. The van der Waals surface area contributed by atoms with Crippen molar-refractivity contribution in [2.75, 3.05) is 0 Å². The maximum atomic E-state index is 11.1. The topological polar surface area (TPSA) is 85.2 Å². The molecule has 76 valence electrons. The van der Waals surface area contributed by atoms with Gasteiger partial charge in [0, 0.05) is 6.42 Å². The van der Waals surface area contributed by atoms with Crippen LogP contribution < -0.4 is 0 Å². The van der Waals surface area contributed by atoms with E-state index in [1.165, 1.54) is 0 Å². The van der Waals surface area contributed by atoms with Crippen LogP contribution in [0.5, 0.6) is 0 Å². The molecule has 3 saturated heterocycles. The second-order valence-corrected chi connectivity index (χ2v) is 4.63. The minimum absolute atomic E-state index is 0.129. The van der Waals surface area contributed by atoms with Crippen molar-refractivity contribution in [1.29, 1.82) is 0 Å². The fraction of sp³-hybridized carbons (Fsp3) is 1.00. The second-order valence-electron chi connectivity index (χ2n) is 3.19. The summed E-state index contributed by atoms with van der Waals surface area (Å²) in [6.07, 6.45) is 1.56. The molecular formula is C6H11O6P. The van der Waals surface area contributed by atoms with E-state index in [0.29, 0.717) is 6.42 Å². The van der Waals surface area contributed by atoms with Crippen molar-refractivity contribution in [3.05, 3.63) is 0 Å². The Morgan fingerprint density at radius 3 is 2.31 bits per heavy atom. The maximum Gasteiger partial charge on any atom is 0.486 e. The Morgan fingerprint density at radius 1 is 1.31 bits per heavy atom. The van der Waals surface area contributed by atoms with Crippen LogP contribution in [0.25, 0.3) is 0 Å². The van der Waals surface area contributed by atoms with Gasteiger partial charge in [0.05, 0.1) is 0 Å². The Morgan fingerprint density at radius 2 is 1.92 bits per heavy atom. The molecule has 0 aliphatic carbocycles. The van der Waals surface area contributed by atoms with Crippen LogP contribution in [-0.2, 0) is 18.1 Å². The lowest BCUT2D eigenvalue weighted by Gasteiger charge is -2.32. The molecule has 6 nitrogen and oxygen atoms in total. The summed E-state index contributed by atoms with van der Waals surface area (Å²) in [4.78, 5) is 0. The van der Waals surface area contributed by atoms with Gasteiger partial charge in [-0.2, -0.15) is 0 Å². The fourth-order valence-corrected chi connectivity index (χ4v) is 2.91. The Labute approximate surface area is 75.0 Å². The van der Waals surface area contributed by atoms with Crippen LogP contribution in [0.4, 0.5) is 0 Å². The van der Waals surface area contributed by atoms with Crippen LogP contribution in [-0.4, -0.2) is 22.0 Å². The van der Waals surface area contributed by atoms with E-state index in [4.69, 9.17) is 0 Å². The van der Waals surface area contributed by atoms with Gasteiger partial charge in [0.25, 0.3) is 5.79 Å². The van der Waals surface area contributed by atoms with E-state index >= 15 is 0 Å². The van der Waals surface area contributed by atoms with E-state index in [2.05, 4.69) is 13.6 Å². The lowest BCUT2D eigenvalue weighted by molar-refractivity contribution is -0.395. The van der Waals surface area contributed by atoms with Gasteiger partial charge in [-0.25, -0.2) is 18.1 Å². The zero-order valence-electron chi connectivity index (χ0n) is 7.10. The summed E-state index contributed by atoms with van der Waals surface area (Å²) in [5, 5.41) is 19.0. The number of phosphoric acid groups is 1. The Bertz CT molecular complexity index is 268. The van der Waals surface area contributed by atoms with Gasteiger partial charge in [-0.05, 0) is 6.42 Å². The molecule has 2 bridgehead atoms. The van der Waals surface area contributed by atoms with Crippen LogP contribution in [0.1, 0.15) is 26.2 Å². The summed E-state index contributed by atoms with van der Waals surface area (Å²) in [6.45, 7) is 1.91. The second kappa shape index (κ2) is 2.53. The zero-order chi connectivity index (χ0) is 9.74. The number of fused-ring (bicyclic) bond motifs is 1. The van der Waals surface area contributed by atoms with Crippen LogP contribution in [0.3, 0.4) is 0 Å². The average molecular weight is 210 g/mol. The monoisotopic (exact) mass is 210 g/mol. The largest absolute Gasteiger partial charge is 0.486 e. The van der Waals surface area contributed by atoms with Crippen molar-refractivity contribution in [3.63, 3.8) is 0 Å². The molecule has 3 heterocycles. The first-order valence-electron chi connectivity index (χ1n) is 4.10. The molecule has 0 aromatic rings. The van der Waals surface area contributed by atoms with E-state index < -0.39 is 19.6 Å². The van der Waals surface area contributed by atoms with E-state index in [1.807, 2.05) is 6.92 Å². The highest BCUT2D eigenvalue weighted by Crippen LogP contribution is 2.76. The highest BCUT2D eigenvalue weighted by atomic mass is 31.2. The van der Waals surface area contributed by atoms with Crippen molar-refractivity contribution >= 4 is 7.82 Å². The molecule has 0 spiro atoms. The van der Waals surface area contributed by atoms with Crippen molar-refractivity contribution in [2.24, 2.45) is 0 Å². The quantitative estimate of drug-likeness (QED) is 0.667. The van der Waals surface area contributed by atoms with Gasteiger partial charge in [-0.1, -0.05) is 13.3 Å². The van der Waals surface area contributed by atoms with Crippen LogP contribution in [0.15, 0.2) is 0 Å². The number of aliphatic hydroxyl groups is 2. The Hall–Kier alpha value is 0.0300. The molecule has 0 amide bonds. The predicted octanol–water partition coefficient (Wildman–Crippen LogP) is 0.696. The summed E-state index contributed by atoms with van der Waals surface area (Å²) < 4.78 is 24.6. The van der Waals surface area contributed by atoms with Gasteiger partial charge < -0.3 is 10.2 Å². The minimum Gasteiger partial charge on any atom is -0.359 e. The molecule has 0 radical (unpaired) electrons. The van der Waals surface area contributed by atoms with Gasteiger partial charge in [0.2, 0.25) is 0 Å². The highest BCUT2D eigenvalue weighted by Gasteiger charge is 2.79. The molecule has 1 atom stereocenters. The zero-order valence-corrected chi connectivity index (χ0v) is 7.99. The van der Waals surface area contributed by atoms with Crippen molar-refractivity contribution < 1.29 is 28.3 Å². The smallest absolute Gasteiger partial charge is 0.359 e. The van der Waals surface area contributed by atoms with Crippen molar-refractivity contribution in [3.8, 4) is 0 Å². The van der Waals surface area contributed by atoms with Gasteiger partial charge in [-0.3, -0.25) is 0 Å². The molecule has 13 heavy (non-hydrogen) atoms. The molecule has 0 aromatic heterocycles. The van der Waals surface area contributed by atoms with Gasteiger partial charge in [-0.15, -0.1) is 0 Å². The molecule has 3 aliphatic heterocycles. The molecule has 0 aromatic carbocycles. The van der Waals surface area contributed by atoms with Crippen LogP contribution in [0, 0.1) is 0 Å². The highest BCUT2D eigenvalue weighted by molar-refractivity contribution is 7.50. The van der Waals surface area contributed by atoms with E-state index in [0.717, 1.165) is 6.42 Å². The van der Waals surface area contributed by atoms with Gasteiger partial charge in [0.1, 0.15) is 0 Å². The summed E-state index contributed by atoms with van der Waals surface area (Å²) >= 11 is 0. The number of hydrogen-bond donors (Lipinski definition) is 2. The van der Waals surface area contributed by atoms with E-state index in [1.54, 1.807) is 0 Å². The van der Waals surface area contributed by atoms with E-state index in [-0.39, 0.29) is 6.42 Å². The Kier molecular flexibility index (Phi) is 1.87. The molecule has 2 N–H and O–H groups in total.